The van der Waals surface area contributed by atoms with Crippen molar-refractivity contribution in [2.45, 2.75) is 25.5 Å². The summed E-state index contributed by atoms with van der Waals surface area (Å²) in [7, 11) is 0. The summed E-state index contributed by atoms with van der Waals surface area (Å²) in [6.07, 6.45) is 0.638. The summed E-state index contributed by atoms with van der Waals surface area (Å²) in [5.41, 5.74) is 1.11. The van der Waals surface area contributed by atoms with Crippen molar-refractivity contribution in [3.8, 4) is 0 Å². The smallest absolute Gasteiger partial charge is 0.323 e. The number of nitrogens with one attached hydrogen (secondary N) is 1. The van der Waals surface area contributed by atoms with Crippen molar-refractivity contribution in [2.24, 2.45) is 0 Å². The van der Waals surface area contributed by atoms with Crippen LogP contribution in [0.3, 0.4) is 0 Å². The highest BCUT2D eigenvalue weighted by Crippen LogP contribution is 2.27. The van der Waals surface area contributed by atoms with Crippen LogP contribution in [0.25, 0.3) is 10.2 Å². The third-order valence-electron chi connectivity index (χ3n) is 5.31. The summed E-state index contributed by atoms with van der Waals surface area (Å²) < 4.78 is 28.7. The maximum Gasteiger partial charge on any atom is 0.323 e. The van der Waals surface area contributed by atoms with Crippen molar-refractivity contribution < 1.29 is 23.8 Å². The van der Waals surface area contributed by atoms with Crippen LogP contribution in [0, 0.1) is 11.6 Å². The second-order valence-electron chi connectivity index (χ2n) is 7.74. The zero-order chi connectivity index (χ0) is 22.8. The molecule has 1 saturated heterocycles. The van der Waals surface area contributed by atoms with Crippen molar-refractivity contribution in [1.82, 2.24) is 14.9 Å². The molecule has 2 amide bonds. The van der Waals surface area contributed by atoms with Gasteiger partial charge < -0.3 is 20.0 Å². The Hall–Kier alpha value is -2.89. The number of amides is 2. The molecular formula is C21H23F2N5O3S. The van der Waals surface area contributed by atoms with Gasteiger partial charge in [0.15, 0.2) is 16.8 Å². The number of carbonyl (C=O) groups is 1. The molecule has 0 radical (unpaired) electrons. The van der Waals surface area contributed by atoms with Crippen LogP contribution in [0.15, 0.2) is 30.5 Å². The van der Waals surface area contributed by atoms with E-state index < -0.39 is 18.5 Å². The van der Waals surface area contributed by atoms with Gasteiger partial charge in [0.05, 0.1) is 22.9 Å². The highest BCUT2D eigenvalue weighted by molar-refractivity contribution is 7.22. The van der Waals surface area contributed by atoms with E-state index in [0.717, 1.165) is 0 Å². The molecular weight excluding hydrogens is 440 g/mol. The zero-order valence-corrected chi connectivity index (χ0v) is 18.1. The topological polar surface area (TPSA) is 102 Å². The quantitative estimate of drug-likeness (QED) is 0.538. The van der Waals surface area contributed by atoms with E-state index in [1.165, 1.54) is 35.7 Å². The van der Waals surface area contributed by atoms with Crippen LogP contribution < -0.4 is 10.2 Å². The predicted molar refractivity (Wildman–Crippen MR) is 118 cm³/mol. The van der Waals surface area contributed by atoms with Crippen molar-refractivity contribution in [2.75, 3.05) is 36.5 Å². The minimum absolute atomic E-state index is 0.114. The van der Waals surface area contributed by atoms with E-state index in [4.69, 9.17) is 5.11 Å². The molecule has 0 spiro atoms. The average Bonchev–Trinajstić information content (AvgIpc) is 3.15. The van der Waals surface area contributed by atoms with Crippen molar-refractivity contribution in [3.63, 3.8) is 0 Å². The molecule has 170 valence electrons. The molecule has 2 aromatic heterocycles. The number of thiazole rings is 1. The number of aliphatic hydroxyl groups excluding tert-OH is 2. The van der Waals surface area contributed by atoms with E-state index in [1.807, 2.05) is 6.92 Å². The molecule has 0 aliphatic carbocycles. The van der Waals surface area contributed by atoms with Gasteiger partial charge in [0.2, 0.25) is 0 Å². The third kappa shape index (κ3) is 4.79. The largest absolute Gasteiger partial charge is 0.394 e. The van der Waals surface area contributed by atoms with Crippen LogP contribution >= 0.6 is 11.3 Å². The highest BCUT2D eigenvalue weighted by atomic mass is 32.1. The van der Waals surface area contributed by atoms with Crippen LogP contribution in [-0.2, 0) is 6.42 Å². The Morgan fingerprint density at radius 1 is 1.34 bits per heavy atom. The van der Waals surface area contributed by atoms with Gasteiger partial charge in [-0.25, -0.2) is 23.5 Å². The molecule has 4 rings (SSSR count). The Bertz CT molecular complexity index is 1130. The maximum atomic E-state index is 14.7. The fraction of sp³-hybridized carbons (Fsp3) is 0.381. The van der Waals surface area contributed by atoms with E-state index in [2.05, 4.69) is 15.3 Å². The van der Waals surface area contributed by atoms with E-state index >= 15 is 0 Å². The SMILES string of the molecule is C[C@H]1CN(C(=O)Nc2nc3ccc(F)cc3s2)CCN1c1ncc(C[C@@H](O)CO)cc1F. The fourth-order valence-corrected chi connectivity index (χ4v) is 4.59. The van der Waals surface area contributed by atoms with Crippen LogP contribution in [0.4, 0.5) is 24.5 Å². The average molecular weight is 464 g/mol. The minimum atomic E-state index is -0.961. The lowest BCUT2D eigenvalue weighted by molar-refractivity contribution is 0.0954. The first-order valence-electron chi connectivity index (χ1n) is 10.2. The first-order chi connectivity index (χ1) is 15.3. The summed E-state index contributed by atoms with van der Waals surface area (Å²) in [4.78, 5) is 24.6. The number of rotatable bonds is 5. The molecule has 11 heteroatoms. The lowest BCUT2D eigenvalue weighted by atomic mass is 10.1. The van der Waals surface area contributed by atoms with Gasteiger partial charge in [0, 0.05) is 38.3 Å². The van der Waals surface area contributed by atoms with E-state index in [0.29, 0.717) is 40.5 Å². The Morgan fingerprint density at radius 2 is 2.16 bits per heavy atom. The number of aliphatic hydroxyl groups is 2. The summed E-state index contributed by atoms with van der Waals surface area (Å²) in [6.45, 7) is 2.59. The lowest BCUT2D eigenvalue weighted by Crippen LogP contribution is -2.55. The number of anilines is 2. The second kappa shape index (κ2) is 9.31. The number of piperazine rings is 1. The first-order valence-corrected chi connectivity index (χ1v) is 11.0. The number of aromatic nitrogens is 2. The number of fused-ring (bicyclic) bond motifs is 1. The van der Waals surface area contributed by atoms with Crippen LogP contribution in [-0.4, -0.2) is 69.5 Å². The predicted octanol–water partition coefficient (Wildman–Crippen LogP) is 2.61. The van der Waals surface area contributed by atoms with Gasteiger partial charge >= 0.3 is 6.03 Å². The molecule has 0 unspecified atom stereocenters. The summed E-state index contributed by atoms with van der Waals surface area (Å²) in [5.74, 6) is -0.686. The Balaban J connectivity index is 1.39. The number of urea groups is 1. The van der Waals surface area contributed by atoms with E-state index in [-0.39, 0.29) is 30.1 Å². The number of halogens is 2. The van der Waals surface area contributed by atoms with Crippen molar-refractivity contribution in [3.05, 3.63) is 47.7 Å². The molecule has 32 heavy (non-hydrogen) atoms. The summed E-state index contributed by atoms with van der Waals surface area (Å²) in [6, 6.07) is 5.06. The molecule has 3 aromatic rings. The normalized spacial score (nSPS) is 17.6. The molecule has 1 fully saturated rings. The molecule has 1 aliphatic heterocycles. The summed E-state index contributed by atoms with van der Waals surface area (Å²) >= 11 is 1.20. The Morgan fingerprint density at radius 3 is 2.88 bits per heavy atom. The van der Waals surface area contributed by atoms with E-state index in [9.17, 15) is 18.7 Å². The van der Waals surface area contributed by atoms with Gasteiger partial charge in [-0.3, -0.25) is 5.32 Å². The van der Waals surface area contributed by atoms with Gasteiger partial charge in [-0.2, -0.15) is 0 Å². The zero-order valence-electron chi connectivity index (χ0n) is 17.3. The third-order valence-corrected chi connectivity index (χ3v) is 6.25. The molecule has 0 saturated carbocycles. The van der Waals surface area contributed by atoms with Gasteiger partial charge in [0.1, 0.15) is 5.82 Å². The fourth-order valence-electron chi connectivity index (χ4n) is 3.71. The van der Waals surface area contributed by atoms with Crippen molar-refractivity contribution in [1.29, 1.82) is 0 Å². The Labute approximate surface area is 187 Å². The molecule has 0 bridgehead atoms. The molecule has 3 N–H and O–H groups in total. The number of hydrogen-bond acceptors (Lipinski definition) is 7. The standard InChI is InChI=1S/C21H23F2N5O3S/c1-12-10-27(21(31)26-20-25-17-3-2-14(22)8-18(17)32-20)4-5-28(12)19-16(23)7-13(9-24-19)6-15(30)11-29/h2-3,7-9,12,15,29-30H,4-6,10-11H2,1H3,(H,25,26,31)/t12-,15+/m0/s1. The van der Waals surface area contributed by atoms with Gasteiger partial charge in [-0.05, 0) is 36.8 Å². The molecule has 3 heterocycles. The van der Waals surface area contributed by atoms with Gasteiger partial charge in [-0.15, -0.1) is 0 Å². The van der Waals surface area contributed by atoms with Crippen molar-refractivity contribution >= 4 is 38.5 Å². The highest BCUT2D eigenvalue weighted by Gasteiger charge is 2.29. The van der Waals surface area contributed by atoms with Crippen LogP contribution in [0.2, 0.25) is 0 Å². The second-order valence-corrected chi connectivity index (χ2v) is 8.77. The molecule has 8 nitrogen and oxygen atoms in total. The summed E-state index contributed by atoms with van der Waals surface area (Å²) in [5, 5.41) is 21.6. The van der Waals surface area contributed by atoms with Crippen LogP contribution in [0.1, 0.15) is 12.5 Å². The minimum Gasteiger partial charge on any atom is -0.394 e. The Kier molecular flexibility index (Phi) is 6.49. The number of carbonyl (C=O) groups excluding carboxylic acids is 1. The maximum absolute atomic E-state index is 14.7. The molecule has 1 aromatic carbocycles. The van der Waals surface area contributed by atoms with E-state index in [1.54, 1.807) is 15.9 Å². The number of pyridine rings is 1. The first kappa shape index (κ1) is 22.3. The molecule has 1 aliphatic rings. The van der Waals surface area contributed by atoms with Gasteiger partial charge in [0.25, 0.3) is 0 Å². The number of nitrogens with zero attached hydrogens (tertiary/aromatic N) is 4. The number of hydrogen-bond donors (Lipinski definition) is 3. The molecule has 2 atom stereocenters. The number of benzene rings is 1. The van der Waals surface area contributed by atoms with Crippen LogP contribution in [0.5, 0.6) is 0 Å². The monoisotopic (exact) mass is 463 g/mol. The lowest BCUT2D eigenvalue weighted by Gasteiger charge is -2.40. The van der Waals surface area contributed by atoms with Gasteiger partial charge in [-0.1, -0.05) is 11.3 Å².